The van der Waals surface area contributed by atoms with Crippen molar-refractivity contribution in [2.75, 3.05) is 24.3 Å². The van der Waals surface area contributed by atoms with Crippen LogP contribution in [0.25, 0.3) is 0 Å². The Morgan fingerprint density at radius 3 is 2.94 bits per heavy atom. The molecule has 1 heterocycles. The maximum atomic E-state index is 12.3. The molecule has 0 saturated carbocycles. The number of hydrogen-bond acceptors (Lipinski definition) is 3. The number of nitrogens with zero attached hydrogens (tertiary/aromatic N) is 1. The van der Waals surface area contributed by atoms with Crippen LogP contribution in [0, 0.1) is 0 Å². The summed E-state index contributed by atoms with van der Waals surface area (Å²) in [7, 11) is 1.70. The number of carbonyl (C=O) groups excluding carboxylic acids is 1. The Bertz CT molecular complexity index is 445. The molecule has 1 aromatic carbocycles. The zero-order valence-electron chi connectivity index (χ0n) is 10.4. The molecule has 0 aromatic heterocycles. The lowest BCUT2D eigenvalue weighted by Gasteiger charge is -2.27. The van der Waals surface area contributed by atoms with Gasteiger partial charge in [-0.1, -0.05) is 11.6 Å². The minimum atomic E-state index is -0.359. The van der Waals surface area contributed by atoms with Crippen molar-refractivity contribution in [2.24, 2.45) is 0 Å². The molecule has 0 bridgehead atoms. The molecule has 1 aliphatic rings. The summed E-state index contributed by atoms with van der Waals surface area (Å²) >= 11 is 5.93. The molecular formula is C13H17ClN2O2. The lowest BCUT2D eigenvalue weighted by atomic mass is 10.1. The van der Waals surface area contributed by atoms with Crippen LogP contribution in [-0.2, 0) is 9.53 Å². The molecule has 4 nitrogen and oxygen atoms in total. The summed E-state index contributed by atoms with van der Waals surface area (Å²) in [6, 6.07) is 5.09. The van der Waals surface area contributed by atoms with E-state index in [0.29, 0.717) is 23.0 Å². The molecule has 1 fully saturated rings. The predicted molar refractivity (Wildman–Crippen MR) is 72.9 cm³/mol. The Labute approximate surface area is 112 Å². The number of hydrogen-bond donors (Lipinski definition) is 1. The average Bonchev–Trinajstić information content (AvgIpc) is 2.41. The number of ether oxygens (including phenoxy) is 1. The number of halogens is 1. The van der Waals surface area contributed by atoms with E-state index in [-0.39, 0.29) is 12.0 Å². The SMILES string of the molecule is CN(C(=O)C1CCCCO1)c1cc(Cl)ccc1N. The van der Waals surface area contributed by atoms with Gasteiger partial charge in [-0.15, -0.1) is 0 Å². The zero-order chi connectivity index (χ0) is 13.1. The number of benzene rings is 1. The van der Waals surface area contributed by atoms with Gasteiger partial charge in [0.05, 0.1) is 11.4 Å². The topological polar surface area (TPSA) is 55.6 Å². The zero-order valence-corrected chi connectivity index (χ0v) is 11.1. The molecule has 1 atom stereocenters. The Morgan fingerprint density at radius 1 is 1.50 bits per heavy atom. The van der Waals surface area contributed by atoms with Crippen LogP contribution in [0.4, 0.5) is 11.4 Å². The molecule has 1 unspecified atom stereocenters. The maximum Gasteiger partial charge on any atom is 0.255 e. The number of nitrogens with two attached hydrogens (primary N) is 1. The van der Waals surface area contributed by atoms with Crippen molar-refractivity contribution >= 4 is 28.9 Å². The van der Waals surface area contributed by atoms with Crippen LogP contribution in [0.5, 0.6) is 0 Å². The van der Waals surface area contributed by atoms with E-state index < -0.39 is 0 Å². The fourth-order valence-electron chi connectivity index (χ4n) is 2.08. The molecule has 1 saturated heterocycles. The lowest BCUT2D eigenvalue weighted by Crippen LogP contribution is -2.40. The van der Waals surface area contributed by atoms with Crippen LogP contribution in [-0.4, -0.2) is 25.7 Å². The molecule has 1 aliphatic heterocycles. The molecule has 1 aromatic rings. The van der Waals surface area contributed by atoms with Gasteiger partial charge in [0.25, 0.3) is 5.91 Å². The van der Waals surface area contributed by atoms with Crippen LogP contribution in [0.2, 0.25) is 5.02 Å². The van der Waals surface area contributed by atoms with E-state index in [1.165, 1.54) is 4.90 Å². The molecule has 98 valence electrons. The van der Waals surface area contributed by atoms with Crippen LogP contribution in [0.15, 0.2) is 18.2 Å². The summed E-state index contributed by atoms with van der Waals surface area (Å²) in [4.78, 5) is 13.8. The first-order valence-electron chi connectivity index (χ1n) is 6.04. The predicted octanol–water partition coefficient (Wildman–Crippen LogP) is 2.45. The molecule has 5 heteroatoms. The Morgan fingerprint density at radius 2 is 2.28 bits per heavy atom. The highest BCUT2D eigenvalue weighted by molar-refractivity contribution is 6.31. The van der Waals surface area contributed by atoms with Crippen LogP contribution < -0.4 is 10.6 Å². The van der Waals surface area contributed by atoms with E-state index in [9.17, 15) is 4.79 Å². The first-order chi connectivity index (χ1) is 8.59. The van der Waals surface area contributed by atoms with Crippen molar-refractivity contribution in [3.8, 4) is 0 Å². The van der Waals surface area contributed by atoms with Gasteiger partial charge in [-0.3, -0.25) is 4.79 Å². The van der Waals surface area contributed by atoms with Crippen molar-refractivity contribution in [3.63, 3.8) is 0 Å². The third-order valence-electron chi connectivity index (χ3n) is 3.14. The number of nitrogen functional groups attached to an aromatic ring is 1. The van der Waals surface area contributed by atoms with Gasteiger partial charge in [0.2, 0.25) is 0 Å². The summed E-state index contributed by atoms with van der Waals surface area (Å²) < 4.78 is 5.49. The lowest BCUT2D eigenvalue weighted by molar-refractivity contribution is -0.132. The Kier molecular flexibility index (Phi) is 4.09. The third kappa shape index (κ3) is 2.76. The summed E-state index contributed by atoms with van der Waals surface area (Å²) in [6.07, 6.45) is 2.45. The highest BCUT2D eigenvalue weighted by atomic mass is 35.5. The summed E-state index contributed by atoms with van der Waals surface area (Å²) in [5.41, 5.74) is 7.02. The van der Waals surface area contributed by atoms with Crippen molar-refractivity contribution in [1.82, 2.24) is 0 Å². The largest absolute Gasteiger partial charge is 0.397 e. The molecule has 0 radical (unpaired) electrons. The van der Waals surface area contributed by atoms with Crippen LogP contribution in [0.3, 0.4) is 0 Å². The van der Waals surface area contributed by atoms with Gasteiger partial charge < -0.3 is 15.4 Å². The molecular weight excluding hydrogens is 252 g/mol. The Hall–Kier alpha value is -1.26. The number of amides is 1. The minimum Gasteiger partial charge on any atom is -0.397 e. The van der Waals surface area contributed by atoms with E-state index in [2.05, 4.69) is 0 Å². The van der Waals surface area contributed by atoms with Crippen molar-refractivity contribution in [2.45, 2.75) is 25.4 Å². The second-order valence-electron chi connectivity index (χ2n) is 4.46. The van der Waals surface area contributed by atoms with Gasteiger partial charge in [-0.05, 0) is 37.5 Å². The molecule has 2 N–H and O–H groups in total. The van der Waals surface area contributed by atoms with Gasteiger partial charge in [-0.2, -0.15) is 0 Å². The van der Waals surface area contributed by atoms with Crippen LogP contribution >= 0.6 is 11.6 Å². The van der Waals surface area contributed by atoms with Crippen LogP contribution in [0.1, 0.15) is 19.3 Å². The number of likely N-dealkylation sites (N-methyl/N-ethyl adjacent to an activating group) is 1. The minimum absolute atomic E-state index is 0.0660. The van der Waals surface area contributed by atoms with E-state index >= 15 is 0 Å². The number of rotatable bonds is 2. The first kappa shape index (κ1) is 13.2. The molecule has 18 heavy (non-hydrogen) atoms. The van der Waals surface area contributed by atoms with E-state index in [1.807, 2.05) is 0 Å². The molecule has 1 amide bonds. The highest BCUT2D eigenvalue weighted by Gasteiger charge is 2.26. The third-order valence-corrected chi connectivity index (χ3v) is 3.37. The van der Waals surface area contributed by atoms with Gasteiger partial charge in [-0.25, -0.2) is 0 Å². The van der Waals surface area contributed by atoms with E-state index in [0.717, 1.165) is 19.3 Å². The van der Waals surface area contributed by atoms with Gasteiger partial charge in [0.1, 0.15) is 6.10 Å². The second kappa shape index (κ2) is 5.59. The van der Waals surface area contributed by atoms with Crippen molar-refractivity contribution in [3.05, 3.63) is 23.2 Å². The monoisotopic (exact) mass is 268 g/mol. The number of anilines is 2. The molecule has 0 spiro atoms. The van der Waals surface area contributed by atoms with E-state index in [1.54, 1.807) is 25.2 Å². The molecule has 2 rings (SSSR count). The quantitative estimate of drug-likeness (QED) is 0.839. The van der Waals surface area contributed by atoms with Gasteiger partial charge in [0.15, 0.2) is 0 Å². The fraction of sp³-hybridized carbons (Fsp3) is 0.462. The molecule has 0 aliphatic carbocycles. The normalized spacial score (nSPS) is 19.6. The van der Waals surface area contributed by atoms with E-state index in [4.69, 9.17) is 22.1 Å². The smallest absolute Gasteiger partial charge is 0.255 e. The first-order valence-corrected chi connectivity index (χ1v) is 6.41. The van der Waals surface area contributed by atoms with Gasteiger partial charge in [0, 0.05) is 18.7 Å². The maximum absolute atomic E-state index is 12.3. The fourth-order valence-corrected chi connectivity index (χ4v) is 2.24. The van der Waals surface area contributed by atoms with Crippen molar-refractivity contribution < 1.29 is 9.53 Å². The number of carbonyl (C=O) groups is 1. The van der Waals surface area contributed by atoms with Gasteiger partial charge >= 0.3 is 0 Å². The standard InChI is InChI=1S/C13H17ClN2O2/c1-16(11-8-9(14)5-6-10(11)15)13(17)12-4-2-3-7-18-12/h5-6,8,12H,2-4,7,15H2,1H3. The average molecular weight is 269 g/mol. The summed E-state index contributed by atoms with van der Waals surface area (Å²) in [5.74, 6) is -0.0660. The highest BCUT2D eigenvalue weighted by Crippen LogP contribution is 2.27. The Balaban J connectivity index is 2.16. The summed E-state index contributed by atoms with van der Waals surface area (Å²) in [6.45, 7) is 0.648. The second-order valence-corrected chi connectivity index (χ2v) is 4.89. The summed E-state index contributed by atoms with van der Waals surface area (Å²) in [5, 5.41) is 0.559. The van der Waals surface area contributed by atoms with Crippen molar-refractivity contribution in [1.29, 1.82) is 0 Å².